The van der Waals surface area contributed by atoms with E-state index in [0.29, 0.717) is 40.8 Å². The molecular formula is C23H18N4O4S2. The minimum atomic E-state index is -1.29. The van der Waals surface area contributed by atoms with E-state index in [1.807, 2.05) is 35.2 Å². The average Bonchev–Trinajstić information content (AvgIpc) is 3.30. The fourth-order valence-electron chi connectivity index (χ4n) is 3.77. The Kier molecular flexibility index (Phi) is 5.47. The standard InChI is InChI=1S/C23H18N4O4S2/c1-13-9-17(26-10-15(11-26)33-22(31)14-5-3-2-4-6-14)25-20-18(13)19(28)16(21(29)30)12-27(20)23-24-7-8-32-23/h2-9,12,15H,10-11H2,1H3,(H,29,30). The molecule has 0 atom stereocenters. The molecule has 166 valence electrons. The minimum absolute atomic E-state index is 0.0432. The number of thioether (sulfide) groups is 1. The fraction of sp³-hybridized carbons (Fsp3) is 0.174. The molecule has 33 heavy (non-hydrogen) atoms. The van der Waals surface area contributed by atoms with E-state index in [-0.39, 0.29) is 21.3 Å². The minimum Gasteiger partial charge on any atom is -0.477 e. The fourth-order valence-corrected chi connectivity index (χ4v) is 5.47. The first-order valence-corrected chi connectivity index (χ1v) is 11.9. The van der Waals surface area contributed by atoms with E-state index in [9.17, 15) is 19.5 Å². The zero-order chi connectivity index (χ0) is 23.1. The van der Waals surface area contributed by atoms with Crippen molar-refractivity contribution in [2.45, 2.75) is 12.2 Å². The topological polar surface area (TPSA) is 105 Å². The highest BCUT2D eigenvalue weighted by Gasteiger charge is 2.31. The second-order valence-corrected chi connectivity index (χ2v) is 9.80. The van der Waals surface area contributed by atoms with Gasteiger partial charge in [0.25, 0.3) is 0 Å². The Bertz CT molecular complexity index is 1430. The number of carbonyl (C=O) groups excluding carboxylic acids is 1. The van der Waals surface area contributed by atoms with Crippen LogP contribution in [-0.4, -0.2) is 49.1 Å². The van der Waals surface area contributed by atoms with Gasteiger partial charge in [-0.1, -0.05) is 42.1 Å². The molecule has 1 fully saturated rings. The van der Waals surface area contributed by atoms with E-state index < -0.39 is 11.4 Å². The maximum Gasteiger partial charge on any atom is 0.341 e. The molecule has 3 aromatic heterocycles. The summed E-state index contributed by atoms with van der Waals surface area (Å²) < 4.78 is 1.56. The van der Waals surface area contributed by atoms with E-state index >= 15 is 0 Å². The number of fused-ring (bicyclic) bond motifs is 1. The Morgan fingerprint density at radius 1 is 1.21 bits per heavy atom. The molecule has 0 unspecified atom stereocenters. The van der Waals surface area contributed by atoms with Crippen LogP contribution < -0.4 is 10.3 Å². The van der Waals surface area contributed by atoms with Crippen molar-refractivity contribution in [3.63, 3.8) is 0 Å². The van der Waals surface area contributed by atoms with Crippen molar-refractivity contribution in [1.82, 2.24) is 14.5 Å². The van der Waals surface area contributed by atoms with Crippen LogP contribution in [0.5, 0.6) is 0 Å². The normalized spacial score (nSPS) is 13.8. The van der Waals surface area contributed by atoms with Gasteiger partial charge in [0.2, 0.25) is 10.5 Å². The molecule has 1 aliphatic heterocycles. The lowest BCUT2D eigenvalue weighted by molar-refractivity contribution is 0.0695. The number of aromatic carboxylic acids is 1. The molecule has 0 aliphatic carbocycles. The molecule has 4 aromatic rings. The smallest absolute Gasteiger partial charge is 0.341 e. The van der Waals surface area contributed by atoms with Crippen LogP contribution in [0.2, 0.25) is 0 Å². The molecule has 1 aromatic carbocycles. The third-order valence-electron chi connectivity index (χ3n) is 5.45. The van der Waals surface area contributed by atoms with Crippen LogP contribution in [-0.2, 0) is 0 Å². The summed E-state index contributed by atoms with van der Waals surface area (Å²) >= 11 is 2.64. The summed E-state index contributed by atoms with van der Waals surface area (Å²) in [4.78, 5) is 48.0. The Balaban J connectivity index is 1.47. The summed E-state index contributed by atoms with van der Waals surface area (Å²) in [7, 11) is 0. The van der Waals surface area contributed by atoms with Gasteiger partial charge in [0.15, 0.2) is 10.8 Å². The van der Waals surface area contributed by atoms with Crippen molar-refractivity contribution in [1.29, 1.82) is 0 Å². The monoisotopic (exact) mass is 478 g/mol. The first-order valence-electron chi connectivity index (χ1n) is 10.1. The van der Waals surface area contributed by atoms with Crippen LogP contribution in [0.15, 0.2) is 59.0 Å². The van der Waals surface area contributed by atoms with Gasteiger partial charge in [0, 0.05) is 41.7 Å². The number of pyridine rings is 2. The van der Waals surface area contributed by atoms with Crippen LogP contribution >= 0.6 is 23.1 Å². The average molecular weight is 479 g/mol. The molecule has 8 nitrogen and oxygen atoms in total. The first-order chi connectivity index (χ1) is 15.9. The van der Waals surface area contributed by atoms with Crippen molar-refractivity contribution >= 4 is 51.0 Å². The molecule has 0 spiro atoms. The van der Waals surface area contributed by atoms with Crippen molar-refractivity contribution < 1.29 is 14.7 Å². The van der Waals surface area contributed by atoms with Crippen molar-refractivity contribution in [2.24, 2.45) is 0 Å². The lowest BCUT2D eigenvalue weighted by Gasteiger charge is -2.39. The predicted molar refractivity (Wildman–Crippen MR) is 129 cm³/mol. The number of rotatable bonds is 5. The zero-order valence-corrected chi connectivity index (χ0v) is 19.1. The maximum atomic E-state index is 12.9. The highest BCUT2D eigenvalue weighted by Crippen LogP contribution is 2.31. The molecule has 0 bridgehead atoms. The molecule has 0 amide bonds. The summed E-state index contributed by atoms with van der Waals surface area (Å²) in [6.07, 6.45) is 2.90. The summed E-state index contributed by atoms with van der Waals surface area (Å²) in [6, 6.07) is 11.0. The maximum absolute atomic E-state index is 12.9. The van der Waals surface area contributed by atoms with E-state index in [2.05, 4.69) is 4.98 Å². The lowest BCUT2D eigenvalue weighted by Crippen LogP contribution is -2.50. The van der Waals surface area contributed by atoms with Crippen LogP contribution in [0, 0.1) is 6.92 Å². The summed E-state index contributed by atoms with van der Waals surface area (Å²) in [5.41, 5.74) is 0.807. The van der Waals surface area contributed by atoms with Crippen LogP contribution in [0.1, 0.15) is 26.3 Å². The van der Waals surface area contributed by atoms with E-state index in [1.54, 1.807) is 29.1 Å². The van der Waals surface area contributed by atoms with Gasteiger partial charge in [-0.2, -0.15) is 0 Å². The number of carboxylic acid groups (broad SMARTS) is 1. The molecule has 1 N–H and O–H groups in total. The Hall–Kier alpha value is -3.50. The number of carboxylic acids is 1. The number of aromatic nitrogens is 3. The van der Waals surface area contributed by atoms with Gasteiger partial charge in [-0.3, -0.25) is 14.2 Å². The molecule has 0 saturated carbocycles. The number of aryl methyl sites for hydroxylation is 1. The number of anilines is 1. The van der Waals surface area contributed by atoms with Gasteiger partial charge in [-0.15, -0.1) is 11.3 Å². The summed E-state index contributed by atoms with van der Waals surface area (Å²) in [6.45, 7) is 3.07. The van der Waals surface area contributed by atoms with Gasteiger partial charge >= 0.3 is 5.97 Å². The van der Waals surface area contributed by atoms with E-state index in [4.69, 9.17) is 4.98 Å². The number of benzene rings is 1. The lowest BCUT2D eigenvalue weighted by atomic mass is 10.1. The quantitative estimate of drug-likeness (QED) is 0.464. The summed E-state index contributed by atoms with van der Waals surface area (Å²) in [5.74, 6) is -0.613. The highest BCUT2D eigenvalue weighted by molar-refractivity contribution is 8.14. The van der Waals surface area contributed by atoms with E-state index in [0.717, 1.165) is 0 Å². The van der Waals surface area contributed by atoms with Crippen molar-refractivity contribution in [2.75, 3.05) is 18.0 Å². The SMILES string of the molecule is Cc1cc(N2CC(SC(=O)c3ccccc3)C2)nc2c1c(=O)c(C(=O)O)cn2-c1nccs1. The third-order valence-corrected chi connectivity index (χ3v) is 7.31. The van der Waals surface area contributed by atoms with Gasteiger partial charge in [-0.05, 0) is 18.6 Å². The zero-order valence-electron chi connectivity index (χ0n) is 17.5. The van der Waals surface area contributed by atoms with E-state index in [1.165, 1.54) is 29.3 Å². The second kappa shape index (κ2) is 8.45. The number of hydrogen-bond acceptors (Lipinski definition) is 8. The molecule has 1 aliphatic rings. The molecule has 4 heterocycles. The number of carbonyl (C=O) groups is 2. The molecule has 5 rings (SSSR count). The van der Waals surface area contributed by atoms with Gasteiger partial charge < -0.3 is 10.0 Å². The Morgan fingerprint density at radius 3 is 2.64 bits per heavy atom. The first kappa shape index (κ1) is 21.4. The van der Waals surface area contributed by atoms with Crippen molar-refractivity contribution in [3.05, 3.63) is 81.1 Å². The highest BCUT2D eigenvalue weighted by atomic mass is 32.2. The predicted octanol–water partition coefficient (Wildman–Crippen LogP) is 3.61. The Morgan fingerprint density at radius 2 is 1.97 bits per heavy atom. The van der Waals surface area contributed by atoms with Gasteiger partial charge in [-0.25, -0.2) is 14.8 Å². The second-order valence-electron chi connectivity index (χ2n) is 7.66. The van der Waals surface area contributed by atoms with Crippen LogP contribution in [0.4, 0.5) is 5.82 Å². The number of nitrogens with zero attached hydrogens (tertiary/aromatic N) is 4. The van der Waals surface area contributed by atoms with Gasteiger partial charge in [0.05, 0.1) is 5.39 Å². The molecule has 0 radical (unpaired) electrons. The molecule has 10 heteroatoms. The van der Waals surface area contributed by atoms with Crippen LogP contribution in [0.3, 0.4) is 0 Å². The summed E-state index contributed by atoms with van der Waals surface area (Å²) in [5, 5.41) is 12.3. The number of hydrogen-bond donors (Lipinski definition) is 1. The Labute approximate surface area is 196 Å². The molecule has 1 saturated heterocycles. The largest absolute Gasteiger partial charge is 0.477 e. The molecular weight excluding hydrogens is 460 g/mol. The van der Waals surface area contributed by atoms with Crippen molar-refractivity contribution in [3.8, 4) is 5.13 Å². The van der Waals surface area contributed by atoms with Crippen LogP contribution in [0.25, 0.3) is 16.2 Å². The van der Waals surface area contributed by atoms with Gasteiger partial charge in [0.1, 0.15) is 11.4 Å². The third kappa shape index (κ3) is 3.91. The number of thiazole rings is 1.